The number of nitrogens with one attached hydrogen (secondary N) is 1. The first-order valence-corrected chi connectivity index (χ1v) is 7.79. The van der Waals surface area contributed by atoms with Gasteiger partial charge in [-0.15, -0.1) is 0 Å². The summed E-state index contributed by atoms with van der Waals surface area (Å²) in [5.74, 6) is 0. The van der Waals surface area contributed by atoms with Crippen molar-refractivity contribution in [3.63, 3.8) is 0 Å². The van der Waals surface area contributed by atoms with Crippen LogP contribution in [0.3, 0.4) is 0 Å². The maximum absolute atomic E-state index is 12.9. The van der Waals surface area contributed by atoms with Gasteiger partial charge in [0.1, 0.15) is 0 Å². The SMILES string of the molecule is CC(C)(C)c1cc(C(F)(F)F)cc(S(=O)(=O)NCCN)c1. The molecular formula is C13H19F3N2O2S. The van der Waals surface area contributed by atoms with Crippen molar-refractivity contribution in [1.82, 2.24) is 4.72 Å². The third kappa shape index (κ3) is 4.69. The lowest BCUT2D eigenvalue weighted by Crippen LogP contribution is -2.29. The van der Waals surface area contributed by atoms with Gasteiger partial charge in [0.2, 0.25) is 10.0 Å². The molecule has 0 radical (unpaired) electrons. The highest BCUT2D eigenvalue weighted by Gasteiger charge is 2.33. The third-order valence-electron chi connectivity index (χ3n) is 2.85. The minimum Gasteiger partial charge on any atom is -0.329 e. The summed E-state index contributed by atoms with van der Waals surface area (Å²) in [7, 11) is -4.02. The summed E-state index contributed by atoms with van der Waals surface area (Å²) in [6, 6.07) is 2.87. The number of rotatable bonds is 4. The quantitative estimate of drug-likeness (QED) is 0.892. The van der Waals surface area contributed by atoms with Crippen molar-refractivity contribution in [2.24, 2.45) is 5.73 Å². The molecule has 0 unspecified atom stereocenters. The van der Waals surface area contributed by atoms with Crippen molar-refractivity contribution >= 4 is 10.0 Å². The van der Waals surface area contributed by atoms with E-state index in [1.54, 1.807) is 20.8 Å². The van der Waals surface area contributed by atoms with E-state index in [2.05, 4.69) is 4.72 Å². The van der Waals surface area contributed by atoms with E-state index >= 15 is 0 Å². The summed E-state index contributed by atoms with van der Waals surface area (Å²) in [4.78, 5) is -0.407. The molecule has 21 heavy (non-hydrogen) atoms. The lowest BCUT2D eigenvalue weighted by Gasteiger charge is -2.22. The first-order valence-electron chi connectivity index (χ1n) is 6.30. The zero-order valence-electron chi connectivity index (χ0n) is 12.1. The smallest absolute Gasteiger partial charge is 0.329 e. The van der Waals surface area contributed by atoms with Gasteiger partial charge in [-0.1, -0.05) is 20.8 Å². The number of nitrogens with two attached hydrogens (primary N) is 1. The summed E-state index contributed by atoms with van der Waals surface area (Å²) in [5.41, 5.74) is 3.91. The largest absolute Gasteiger partial charge is 0.416 e. The molecule has 1 rings (SSSR count). The van der Waals surface area contributed by atoms with Gasteiger partial charge in [0, 0.05) is 13.1 Å². The van der Waals surface area contributed by atoms with Gasteiger partial charge in [0.15, 0.2) is 0 Å². The highest BCUT2D eigenvalue weighted by atomic mass is 32.2. The molecule has 3 N–H and O–H groups in total. The molecule has 0 heterocycles. The Morgan fingerprint density at radius 2 is 1.62 bits per heavy atom. The van der Waals surface area contributed by atoms with Crippen LogP contribution in [-0.4, -0.2) is 21.5 Å². The Kier molecular flexibility index (Phi) is 5.07. The van der Waals surface area contributed by atoms with Gasteiger partial charge < -0.3 is 5.73 Å². The van der Waals surface area contributed by atoms with Crippen molar-refractivity contribution in [3.8, 4) is 0 Å². The fraction of sp³-hybridized carbons (Fsp3) is 0.538. The summed E-state index contributed by atoms with van der Waals surface area (Å²) < 4.78 is 65.0. The molecule has 4 nitrogen and oxygen atoms in total. The van der Waals surface area contributed by atoms with E-state index in [4.69, 9.17) is 5.73 Å². The number of sulfonamides is 1. The molecule has 0 bridgehead atoms. The van der Waals surface area contributed by atoms with Gasteiger partial charge in [0.05, 0.1) is 10.5 Å². The van der Waals surface area contributed by atoms with Crippen LogP contribution in [0.5, 0.6) is 0 Å². The van der Waals surface area contributed by atoms with Crippen LogP contribution in [0.25, 0.3) is 0 Å². The van der Waals surface area contributed by atoms with E-state index < -0.39 is 32.1 Å². The molecule has 0 aliphatic heterocycles. The molecule has 0 saturated carbocycles. The Bertz CT molecular complexity index is 573. The lowest BCUT2D eigenvalue weighted by atomic mass is 9.86. The normalized spacial score (nSPS) is 13.5. The van der Waals surface area contributed by atoms with Gasteiger partial charge in [-0.05, 0) is 29.2 Å². The van der Waals surface area contributed by atoms with E-state index in [1.807, 2.05) is 0 Å². The Labute approximate surface area is 122 Å². The fourth-order valence-electron chi connectivity index (χ4n) is 1.63. The fourth-order valence-corrected chi connectivity index (χ4v) is 2.74. The predicted molar refractivity (Wildman–Crippen MR) is 74.4 cm³/mol. The topological polar surface area (TPSA) is 72.2 Å². The minimum atomic E-state index is -4.61. The van der Waals surface area contributed by atoms with Gasteiger partial charge in [-0.2, -0.15) is 13.2 Å². The van der Waals surface area contributed by atoms with Gasteiger partial charge >= 0.3 is 6.18 Å². The highest BCUT2D eigenvalue weighted by Crippen LogP contribution is 2.34. The number of halogens is 3. The first-order chi connectivity index (χ1) is 9.38. The molecule has 1 aromatic carbocycles. The van der Waals surface area contributed by atoms with E-state index in [9.17, 15) is 21.6 Å². The maximum Gasteiger partial charge on any atom is 0.416 e. The third-order valence-corrected chi connectivity index (χ3v) is 4.29. The molecule has 120 valence electrons. The van der Waals surface area contributed by atoms with Crippen molar-refractivity contribution in [2.75, 3.05) is 13.1 Å². The van der Waals surface area contributed by atoms with E-state index in [-0.39, 0.29) is 13.1 Å². The second-order valence-corrected chi connectivity index (χ2v) is 7.45. The monoisotopic (exact) mass is 324 g/mol. The van der Waals surface area contributed by atoms with Crippen LogP contribution >= 0.6 is 0 Å². The van der Waals surface area contributed by atoms with Crippen LogP contribution in [0.1, 0.15) is 31.9 Å². The van der Waals surface area contributed by atoms with E-state index in [1.165, 1.54) is 6.07 Å². The molecule has 0 atom stereocenters. The van der Waals surface area contributed by atoms with E-state index in [0.29, 0.717) is 11.6 Å². The van der Waals surface area contributed by atoms with Crippen molar-refractivity contribution in [3.05, 3.63) is 29.3 Å². The van der Waals surface area contributed by atoms with E-state index in [0.717, 1.165) is 6.07 Å². The summed E-state index contributed by atoms with van der Waals surface area (Å²) in [5, 5.41) is 0. The molecule has 0 fully saturated rings. The van der Waals surface area contributed by atoms with Gasteiger partial charge in [0.25, 0.3) is 0 Å². The Morgan fingerprint density at radius 1 is 1.10 bits per heavy atom. The van der Waals surface area contributed by atoms with Crippen molar-refractivity contribution < 1.29 is 21.6 Å². The molecule has 0 aliphatic carbocycles. The second kappa shape index (κ2) is 5.94. The molecule has 0 spiro atoms. The highest BCUT2D eigenvalue weighted by molar-refractivity contribution is 7.89. The Hall–Kier alpha value is -1.12. The van der Waals surface area contributed by atoms with Crippen LogP contribution in [-0.2, 0) is 21.6 Å². The van der Waals surface area contributed by atoms with Crippen LogP contribution in [0, 0.1) is 0 Å². The average Bonchev–Trinajstić information content (AvgIpc) is 2.34. The van der Waals surface area contributed by atoms with Crippen LogP contribution < -0.4 is 10.5 Å². The van der Waals surface area contributed by atoms with Gasteiger partial charge in [-0.3, -0.25) is 0 Å². The van der Waals surface area contributed by atoms with Crippen molar-refractivity contribution in [1.29, 1.82) is 0 Å². The lowest BCUT2D eigenvalue weighted by molar-refractivity contribution is -0.137. The maximum atomic E-state index is 12.9. The zero-order chi connectivity index (χ0) is 16.5. The summed E-state index contributed by atoms with van der Waals surface area (Å²) in [6.45, 7) is 5.17. The molecule has 1 aromatic rings. The first kappa shape index (κ1) is 17.9. The van der Waals surface area contributed by atoms with Crippen LogP contribution in [0.4, 0.5) is 13.2 Å². The predicted octanol–water partition coefficient (Wildman–Crippen LogP) is 2.24. The Morgan fingerprint density at radius 3 is 2.05 bits per heavy atom. The Balaban J connectivity index is 3.46. The van der Waals surface area contributed by atoms with Crippen LogP contribution in [0.15, 0.2) is 23.1 Å². The number of hydrogen-bond acceptors (Lipinski definition) is 3. The number of benzene rings is 1. The molecule has 0 saturated heterocycles. The molecular weight excluding hydrogens is 305 g/mol. The molecule has 0 amide bonds. The molecule has 8 heteroatoms. The van der Waals surface area contributed by atoms with Crippen LogP contribution in [0.2, 0.25) is 0 Å². The molecule has 0 aromatic heterocycles. The van der Waals surface area contributed by atoms with Gasteiger partial charge in [-0.25, -0.2) is 13.1 Å². The summed E-state index contributed by atoms with van der Waals surface area (Å²) in [6.07, 6.45) is -4.61. The number of alkyl halides is 3. The molecule has 0 aliphatic rings. The standard InChI is InChI=1S/C13H19F3N2O2S/c1-12(2,3)9-6-10(13(14,15)16)8-11(7-9)21(19,20)18-5-4-17/h6-8,18H,4-5,17H2,1-3H3. The zero-order valence-corrected chi connectivity index (χ0v) is 12.9. The van der Waals surface area contributed by atoms with Crippen molar-refractivity contribution in [2.45, 2.75) is 37.3 Å². The average molecular weight is 324 g/mol. The second-order valence-electron chi connectivity index (χ2n) is 5.68. The number of hydrogen-bond donors (Lipinski definition) is 2. The summed E-state index contributed by atoms with van der Waals surface area (Å²) >= 11 is 0. The minimum absolute atomic E-state index is 0.0383.